The van der Waals surface area contributed by atoms with Gasteiger partial charge in [0.05, 0.1) is 11.7 Å². The van der Waals surface area contributed by atoms with Gasteiger partial charge in [-0.1, -0.05) is 13.0 Å². The van der Waals surface area contributed by atoms with Crippen molar-refractivity contribution in [3.63, 3.8) is 0 Å². The molecule has 3 unspecified atom stereocenters. The van der Waals surface area contributed by atoms with Crippen LogP contribution in [0, 0.1) is 5.92 Å². The molecule has 122 valence electrons. The van der Waals surface area contributed by atoms with Crippen molar-refractivity contribution < 1.29 is 0 Å². The quantitative estimate of drug-likeness (QED) is 0.923. The van der Waals surface area contributed by atoms with Gasteiger partial charge in [0.15, 0.2) is 0 Å². The number of hydrogen-bond acceptors (Lipinski definition) is 4. The molecule has 22 heavy (non-hydrogen) atoms. The van der Waals surface area contributed by atoms with E-state index in [1.807, 2.05) is 12.3 Å². The van der Waals surface area contributed by atoms with Crippen molar-refractivity contribution in [2.45, 2.75) is 38.8 Å². The van der Waals surface area contributed by atoms with Crippen LogP contribution in [0.5, 0.6) is 0 Å². The lowest BCUT2D eigenvalue weighted by molar-refractivity contribution is 0.0680. The molecule has 2 aliphatic heterocycles. The number of rotatable bonds is 4. The first-order chi connectivity index (χ1) is 10.7. The summed E-state index contributed by atoms with van der Waals surface area (Å²) in [6, 6.07) is 7.34. The van der Waals surface area contributed by atoms with E-state index in [0.29, 0.717) is 12.1 Å². The third-order valence-electron chi connectivity index (χ3n) is 5.15. The van der Waals surface area contributed by atoms with E-state index in [2.05, 4.69) is 46.1 Å². The number of nitrogens with zero attached hydrogens (tertiary/aromatic N) is 3. The molecule has 0 aliphatic carbocycles. The van der Waals surface area contributed by atoms with Gasteiger partial charge < -0.3 is 10.2 Å². The van der Waals surface area contributed by atoms with E-state index < -0.39 is 0 Å². The van der Waals surface area contributed by atoms with Gasteiger partial charge >= 0.3 is 0 Å². The molecule has 0 amide bonds. The van der Waals surface area contributed by atoms with Crippen molar-refractivity contribution in [1.82, 2.24) is 20.1 Å². The first-order valence-electron chi connectivity index (χ1n) is 8.84. The molecule has 4 nitrogen and oxygen atoms in total. The van der Waals surface area contributed by atoms with Crippen LogP contribution < -0.4 is 5.32 Å². The number of pyridine rings is 1. The molecule has 1 aromatic rings. The Morgan fingerprint density at radius 1 is 1.32 bits per heavy atom. The summed E-state index contributed by atoms with van der Waals surface area (Å²) in [5, 5.41) is 3.51. The lowest BCUT2D eigenvalue weighted by Crippen LogP contribution is -2.53. The molecule has 2 aliphatic rings. The van der Waals surface area contributed by atoms with Crippen LogP contribution in [-0.2, 0) is 0 Å². The number of hydrogen-bond donors (Lipinski definition) is 1. The van der Waals surface area contributed by atoms with E-state index in [-0.39, 0.29) is 0 Å². The Hall–Kier alpha value is -0.970. The van der Waals surface area contributed by atoms with Crippen LogP contribution in [0.15, 0.2) is 24.4 Å². The molecule has 3 atom stereocenters. The van der Waals surface area contributed by atoms with Crippen LogP contribution in [0.25, 0.3) is 0 Å². The SMILES string of the molecule is CC1CCCN(CC(c2ccccn2)N2CCNCC2C)C1. The van der Waals surface area contributed by atoms with Gasteiger partial charge in [-0.2, -0.15) is 0 Å². The van der Waals surface area contributed by atoms with Crippen molar-refractivity contribution in [2.75, 3.05) is 39.3 Å². The first-order valence-corrected chi connectivity index (χ1v) is 8.84. The van der Waals surface area contributed by atoms with Gasteiger partial charge in [0.2, 0.25) is 0 Å². The van der Waals surface area contributed by atoms with Crippen LogP contribution >= 0.6 is 0 Å². The number of piperidine rings is 1. The summed E-state index contributed by atoms with van der Waals surface area (Å²) >= 11 is 0. The molecule has 2 saturated heterocycles. The second-order valence-electron chi connectivity index (χ2n) is 7.07. The first kappa shape index (κ1) is 15.9. The summed E-state index contributed by atoms with van der Waals surface area (Å²) in [7, 11) is 0. The van der Waals surface area contributed by atoms with Crippen molar-refractivity contribution in [3.8, 4) is 0 Å². The van der Waals surface area contributed by atoms with Crippen LogP contribution in [0.4, 0.5) is 0 Å². The molecule has 4 heteroatoms. The van der Waals surface area contributed by atoms with E-state index in [9.17, 15) is 0 Å². The van der Waals surface area contributed by atoms with Crippen LogP contribution in [-0.4, -0.2) is 60.1 Å². The average Bonchev–Trinajstić information content (AvgIpc) is 2.54. The Bertz CT molecular complexity index is 450. The Morgan fingerprint density at radius 2 is 2.23 bits per heavy atom. The van der Waals surface area contributed by atoms with Gasteiger partial charge in [0, 0.05) is 45.0 Å². The summed E-state index contributed by atoms with van der Waals surface area (Å²) in [5.41, 5.74) is 1.23. The van der Waals surface area contributed by atoms with Crippen LogP contribution in [0.3, 0.4) is 0 Å². The largest absolute Gasteiger partial charge is 0.314 e. The second kappa shape index (κ2) is 7.53. The van der Waals surface area contributed by atoms with E-state index in [4.69, 9.17) is 0 Å². The van der Waals surface area contributed by atoms with Crippen molar-refractivity contribution in [3.05, 3.63) is 30.1 Å². The number of piperazine rings is 1. The fraction of sp³-hybridized carbons (Fsp3) is 0.722. The summed E-state index contributed by atoms with van der Waals surface area (Å²) in [6.45, 7) is 11.6. The van der Waals surface area contributed by atoms with Crippen LogP contribution in [0.2, 0.25) is 0 Å². The molecular formula is C18H30N4. The molecule has 0 bridgehead atoms. The Morgan fingerprint density at radius 3 is 2.95 bits per heavy atom. The zero-order valence-corrected chi connectivity index (χ0v) is 14.0. The maximum Gasteiger partial charge on any atom is 0.0652 e. The summed E-state index contributed by atoms with van der Waals surface area (Å²) in [6.07, 6.45) is 4.66. The number of aromatic nitrogens is 1. The molecule has 2 fully saturated rings. The number of nitrogens with one attached hydrogen (secondary N) is 1. The zero-order chi connectivity index (χ0) is 15.4. The van der Waals surface area contributed by atoms with E-state index in [1.54, 1.807) is 0 Å². The van der Waals surface area contributed by atoms with E-state index in [0.717, 1.165) is 32.1 Å². The predicted octanol–water partition coefficient (Wildman–Crippen LogP) is 2.15. The fourth-order valence-corrected chi connectivity index (χ4v) is 3.96. The van der Waals surface area contributed by atoms with E-state index >= 15 is 0 Å². The van der Waals surface area contributed by atoms with Gasteiger partial charge in [0.25, 0.3) is 0 Å². The minimum Gasteiger partial charge on any atom is -0.314 e. The van der Waals surface area contributed by atoms with Gasteiger partial charge in [-0.15, -0.1) is 0 Å². The average molecular weight is 302 g/mol. The standard InChI is InChI=1S/C18H30N4/c1-15-6-5-10-21(13-15)14-18(17-7-3-4-8-20-17)22-11-9-19-12-16(22)2/h3-4,7-8,15-16,18-19H,5-6,9-14H2,1-2H3. The zero-order valence-electron chi connectivity index (χ0n) is 14.0. The highest BCUT2D eigenvalue weighted by Crippen LogP contribution is 2.26. The lowest BCUT2D eigenvalue weighted by atomic mass is 9.98. The van der Waals surface area contributed by atoms with Crippen molar-refractivity contribution in [1.29, 1.82) is 0 Å². The Labute approximate surface area is 134 Å². The van der Waals surface area contributed by atoms with Crippen molar-refractivity contribution in [2.24, 2.45) is 5.92 Å². The maximum atomic E-state index is 4.68. The number of likely N-dealkylation sites (tertiary alicyclic amines) is 1. The summed E-state index contributed by atoms with van der Waals surface area (Å²) in [5.74, 6) is 0.832. The lowest BCUT2D eigenvalue weighted by Gasteiger charge is -2.42. The predicted molar refractivity (Wildman–Crippen MR) is 90.9 cm³/mol. The normalized spacial score (nSPS) is 29.4. The molecule has 0 saturated carbocycles. The Balaban J connectivity index is 1.76. The fourth-order valence-electron chi connectivity index (χ4n) is 3.96. The maximum absolute atomic E-state index is 4.68. The minimum atomic E-state index is 0.420. The minimum absolute atomic E-state index is 0.420. The summed E-state index contributed by atoms with van der Waals surface area (Å²) < 4.78 is 0. The molecule has 0 radical (unpaired) electrons. The highest BCUT2D eigenvalue weighted by atomic mass is 15.3. The summed E-state index contributed by atoms with van der Waals surface area (Å²) in [4.78, 5) is 9.99. The molecule has 0 aromatic carbocycles. The second-order valence-corrected chi connectivity index (χ2v) is 7.07. The molecule has 3 heterocycles. The van der Waals surface area contributed by atoms with Gasteiger partial charge in [-0.05, 0) is 44.4 Å². The van der Waals surface area contributed by atoms with Crippen LogP contribution in [0.1, 0.15) is 38.4 Å². The molecule has 0 spiro atoms. The van der Waals surface area contributed by atoms with E-state index in [1.165, 1.54) is 31.6 Å². The smallest absolute Gasteiger partial charge is 0.0652 e. The highest BCUT2D eigenvalue weighted by Gasteiger charge is 2.30. The highest BCUT2D eigenvalue weighted by molar-refractivity contribution is 5.11. The van der Waals surface area contributed by atoms with Gasteiger partial charge in [-0.3, -0.25) is 9.88 Å². The topological polar surface area (TPSA) is 31.4 Å². The molecule has 1 aromatic heterocycles. The molecular weight excluding hydrogens is 272 g/mol. The van der Waals surface area contributed by atoms with Gasteiger partial charge in [0.1, 0.15) is 0 Å². The Kier molecular flexibility index (Phi) is 5.45. The third kappa shape index (κ3) is 3.86. The molecule has 1 N–H and O–H groups in total. The molecule has 3 rings (SSSR count). The van der Waals surface area contributed by atoms with Crippen molar-refractivity contribution >= 4 is 0 Å². The van der Waals surface area contributed by atoms with Gasteiger partial charge in [-0.25, -0.2) is 0 Å². The third-order valence-corrected chi connectivity index (χ3v) is 5.15. The monoisotopic (exact) mass is 302 g/mol.